The van der Waals surface area contributed by atoms with Crippen LogP contribution in [0.5, 0.6) is 0 Å². The summed E-state index contributed by atoms with van der Waals surface area (Å²) in [5.74, 6) is 0.182. The Balaban J connectivity index is 2.63. The van der Waals surface area contributed by atoms with E-state index >= 15 is 0 Å². The summed E-state index contributed by atoms with van der Waals surface area (Å²) in [6.07, 6.45) is 2.06. The van der Waals surface area contributed by atoms with E-state index in [2.05, 4.69) is 6.92 Å². The van der Waals surface area contributed by atoms with Crippen LogP contribution in [-0.4, -0.2) is 54.8 Å². The molecule has 0 radical (unpaired) electrons. The average molecular weight is 241 g/mol. The summed E-state index contributed by atoms with van der Waals surface area (Å²) in [4.78, 5) is 26.8. The van der Waals surface area contributed by atoms with Gasteiger partial charge < -0.3 is 15.5 Å². The van der Waals surface area contributed by atoms with Crippen LogP contribution in [0.3, 0.4) is 0 Å². The molecule has 0 aromatic carbocycles. The Hall–Kier alpha value is -1.10. The van der Waals surface area contributed by atoms with Crippen LogP contribution in [-0.2, 0) is 9.59 Å². The van der Waals surface area contributed by atoms with Crippen LogP contribution in [0.25, 0.3) is 0 Å². The van der Waals surface area contributed by atoms with Crippen LogP contribution < -0.4 is 5.73 Å². The quantitative estimate of drug-likeness (QED) is 0.710. The molecule has 0 spiro atoms. The zero-order chi connectivity index (χ0) is 13.0. The molecule has 2 atom stereocenters. The molecule has 0 unspecified atom stereocenters. The molecule has 1 aliphatic heterocycles. The molecule has 1 fully saturated rings. The standard InChI is InChI=1S/C12H23N3O2/c1-9-5-4-6-15(10(9)8-13)12(17)7-11(16)14(2)3/h9-10H,4-8,13H2,1-3H3/t9-,10-/m0/s1. The fourth-order valence-electron chi connectivity index (χ4n) is 2.31. The van der Waals surface area contributed by atoms with Crippen molar-refractivity contribution in [2.45, 2.75) is 32.2 Å². The van der Waals surface area contributed by atoms with E-state index in [-0.39, 0.29) is 24.3 Å². The lowest BCUT2D eigenvalue weighted by atomic mass is 9.90. The molecule has 0 aliphatic carbocycles. The minimum Gasteiger partial charge on any atom is -0.348 e. The van der Waals surface area contributed by atoms with Crippen molar-refractivity contribution >= 4 is 11.8 Å². The highest BCUT2D eigenvalue weighted by molar-refractivity contribution is 5.96. The van der Waals surface area contributed by atoms with Gasteiger partial charge in [-0.25, -0.2) is 0 Å². The number of hydrogen-bond donors (Lipinski definition) is 1. The predicted molar refractivity (Wildman–Crippen MR) is 66.3 cm³/mol. The highest BCUT2D eigenvalue weighted by Crippen LogP contribution is 2.23. The number of carbonyl (C=O) groups is 2. The first kappa shape index (κ1) is 14.0. The third-order valence-corrected chi connectivity index (χ3v) is 3.48. The highest BCUT2D eigenvalue weighted by atomic mass is 16.2. The van der Waals surface area contributed by atoms with Crippen LogP contribution in [0.4, 0.5) is 0 Å². The number of nitrogens with zero attached hydrogens (tertiary/aromatic N) is 2. The zero-order valence-corrected chi connectivity index (χ0v) is 11.0. The molecule has 2 amide bonds. The smallest absolute Gasteiger partial charge is 0.232 e. The second-order valence-electron chi connectivity index (χ2n) is 4.97. The van der Waals surface area contributed by atoms with Crippen molar-refractivity contribution in [2.75, 3.05) is 27.2 Å². The van der Waals surface area contributed by atoms with Gasteiger partial charge in [0.15, 0.2) is 0 Å². The van der Waals surface area contributed by atoms with E-state index in [0.29, 0.717) is 12.5 Å². The Morgan fingerprint density at radius 1 is 1.41 bits per heavy atom. The molecule has 1 saturated heterocycles. The molecule has 0 aromatic rings. The fourth-order valence-corrected chi connectivity index (χ4v) is 2.31. The van der Waals surface area contributed by atoms with E-state index in [9.17, 15) is 9.59 Å². The largest absolute Gasteiger partial charge is 0.348 e. The summed E-state index contributed by atoms with van der Waals surface area (Å²) in [5.41, 5.74) is 5.72. The van der Waals surface area contributed by atoms with Crippen molar-refractivity contribution in [3.05, 3.63) is 0 Å². The van der Waals surface area contributed by atoms with Crippen LogP contribution in [0.2, 0.25) is 0 Å². The second kappa shape index (κ2) is 6.00. The topological polar surface area (TPSA) is 66.6 Å². The van der Waals surface area contributed by atoms with Crippen LogP contribution in [0.15, 0.2) is 0 Å². The van der Waals surface area contributed by atoms with Crippen molar-refractivity contribution in [3.8, 4) is 0 Å². The van der Waals surface area contributed by atoms with Gasteiger partial charge in [-0.05, 0) is 18.8 Å². The summed E-state index contributed by atoms with van der Waals surface area (Å²) in [6.45, 7) is 3.32. The number of amides is 2. The molecule has 0 bridgehead atoms. The van der Waals surface area contributed by atoms with Crippen molar-refractivity contribution in [2.24, 2.45) is 11.7 Å². The Morgan fingerprint density at radius 2 is 2.06 bits per heavy atom. The van der Waals surface area contributed by atoms with E-state index in [1.165, 1.54) is 4.90 Å². The van der Waals surface area contributed by atoms with Gasteiger partial charge in [-0.1, -0.05) is 6.92 Å². The highest BCUT2D eigenvalue weighted by Gasteiger charge is 2.31. The maximum Gasteiger partial charge on any atom is 0.232 e. The maximum atomic E-state index is 12.1. The molecule has 0 saturated carbocycles. The summed E-state index contributed by atoms with van der Waals surface area (Å²) in [6, 6.07) is 0.0891. The first-order chi connectivity index (χ1) is 7.97. The van der Waals surface area contributed by atoms with Gasteiger partial charge in [-0.2, -0.15) is 0 Å². The first-order valence-electron chi connectivity index (χ1n) is 6.17. The summed E-state index contributed by atoms with van der Waals surface area (Å²) in [5, 5.41) is 0. The molecule has 0 aromatic heterocycles. The lowest BCUT2D eigenvalue weighted by Crippen LogP contribution is -2.52. The van der Waals surface area contributed by atoms with Gasteiger partial charge in [0.1, 0.15) is 6.42 Å². The molecule has 2 N–H and O–H groups in total. The second-order valence-corrected chi connectivity index (χ2v) is 4.97. The Morgan fingerprint density at radius 3 is 2.59 bits per heavy atom. The number of nitrogens with two attached hydrogens (primary N) is 1. The molecule has 1 heterocycles. The van der Waals surface area contributed by atoms with E-state index in [1.54, 1.807) is 19.0 Å². The number of piperidine rings is 1. The fraction of sp³-hybridized carbons (Fsp3) is 0.833. The Labute approximate surface area is 103 Å². The molecule has 1 rings (SSSR count). The zero-order valence-electron chi connectivity index (χ0n) is 11.0. The lowest BCUT2D eigenvalue weighted by Gasteiger charge is -2.39. The molecule has 1 aliphatic rings. The SMILES string of the molecule is C[C@H]1CCCN(C(=O)CC(=O)N(C)C)[C@H]1CN. The number of rotatable bonds is 3. The van der Waals surface area contributed by atoms with Crippen LogP contribution >= 0.6 is 0 Å². The van der Waals surface area contributed by atoms with Crippen molar-refractivity contribution in [3.63, 3.8) is 0 Å². The van der Waals surface area contributed by atoms with E-state index in [0.717, 1.165) is 19.4 Å². The van der Waals surface area contributed by atoms with Gasteiger partial charge >= 0.3 is 0 Å². The normalized spacial score (nSPS) is 24.6. The Kier molecular flexibility index (Phi) is 4.93. The third-order valence-electron chi connectivity index (χ3n) is 3.48. The van der Waals surface area contributed by atoms with Crippen molar-refractivity contribution in [1.29, 1.82) is 0 Å². The lowest BCUT2D eigenvalue weighted by molar-refractivity contribution is -0.142. The van der Waals surface area contributed by atoms with Crippen LogP contribution in [0, 0.1) is 5.92 Å². The molecular weight excluding hydrogens is 218 g/mol. The number of likely N-dealkylation sites (tertiary alicyclic amines) is 1. The molecule has 5 heteroatoms. The van der Waals surface area contributed by atoms with Gasteiger partial charge in [0.2, 0.25) is 11.8 Å². The van der Waals surface area contributed by atoms with Crippen molar-refractivity contribution in [1.82, 2.24) is 9.80 Å². The van der Waals surface area contributed by atoms with E-state index in [1.807, 2.05) is 0 Å². The average Bonchev–Trinajstić information content (AvgIpc) is 2.28. The maximum absolute atomic E-state index is 12.1. The minimum absolute atomic E-state index is 0.0454. The predicted octanol–water partition coefficient (Wildman–Crippen LogP) is 0.0505. The first-order valence-corrected chi connectivity index (χ1v) is 6.17. The van der Waals surface area contributed by atoms with Gasteiger partial charge in [0.05, 0.1) is 0 Å². The van der Waals surface area contributed by atoms with Gasteiger partial charge in [-0.15, -0.1) is 0 Å². The number of carbonyl (C=O) groups excluding carboxylic acids is 2. The Bertz CT molecular complexity index is 291. The monoisotopic (exact) mass is 241 g/mol. The summed E-state index contributed by atoms with van der Waals surface area (Å²) in [7, 11) is 3.32. The molecular formula is C12H23N3O2. The minimum atomic E-state index is -0.149. The molecule has 98 valence electrons. The summed E-state index contributed by atoms with van der Waals surface area (Å²) < 4.78 is 0. The molecule has 5 nitrogen and oxygen atoms in total. The molecule has 17 heavy (non-hydrogen) atoms. The number of hydrogen-bond acceptors (Lipinski definition) is 3. The third kappa shape index (κ3) is 3.43. The van der Waals surface area contributed by atoms with E-state index in [4.69, 9.17) is 5.73 Å². The van der Waals surface area contributed by atoms with Gasteiger partial charge in [0.25, 0.3) is 0 Å². The van der Waals surface area contributed by atoms with Gasteiger partial charge in [0, 0.05) is 33.2 Å². The van der Waals surface area contributed by atoms with Gasteiger partial charge in [-0.3, -0.25) is 9.59 Å². The van der Waals surface area contributed by atoms with Crippen molar-refractivity contribution < 1.29 is 9.59 Å². The van der Waals surface area contributed by atoms with E-state index < -0.39 is 0 Å². The summed E-state index contributed by atoms with van der Waals surface area (Å²) >= 11 is 0. The van der Waals surface area contributed by atoms with Crippen LogP contribution in [0.1, 0.15) is 26.2 Å².